The van der Waals surface area contributed by atoms with E-state index >= 15 is 0 Å². The van der Waals surface area contributed by atoms with Crippen molar-refractivity contribution < 1.29 is 4.79 Å². The summed E-state index contributed by atoms with van der Waals surface area (Å²) >= 11 is 0. The first-order valence-corrected chi connectivity index (χ1v) is 8.83. The molecule has 1 amide bonds. The summed E-state index contributed by atoms with van der Waals surface area (Å²) in [4.78, 5) is 14.7. The van der Waals surface area contributed by atoms with Gasteiger partial charge >= 0.3 is 0 Å². The minimum atomic E-state index is 0.114. The first-order chi connectivity index (χ1) is 10.8. The van der Waals surface area contributed by atoms with Crippen LogP contribution in [0.5, 0.6) is 0 Å². The minimum absolute atomic E-state index is 0.114. The van der Waals surface area contributed by atoms with Gasteiger partial charge in [-0.1, -0.05) is 13.3 Å². The van der Waals surface area contributed by atoms with Crippen LogP contribution in [-0.2, 0) is 0 Å². The maximum Gasteiger partial charge on any atom is 0.274 e. The topological polar surface area (TPSA) is 50.2 Å². The molecule has 3 heterocycles. The Kier molecular flexibility index (Phi) is 5.13. The number of nitrogens with one attached hydrogen (secondary N) is 1. The lowest BCUT2D eigenvalue weighted by Gasteiger charge is -2.32. The molecule has 0 radical (unpaired) electrons. The second kappa shape index (κ2) is 7.27. The third-order valence-corrected chi connectivity index (χ3v) is 4.98. The molecule has 2 fully saturated rings. The zero-order valence-corrected chi connectivity index (χ0v) is 13.6. The average molecular weight is 304 g/mol. The van der Waals surface area contributed by atoms with Crippen molar-refractivity contribution in [2.75, 3.05) is 26.2 Å². The number of amides is 1. The molecular weight excluding hydrogens is 276 g/mol. The highest BCUT2D eigenvalue weighted by Crippen LogP contribution is 2.22. The second-order valence-electron chi connectivity index (χ2n) is 6.73. The van der Waals surface area contributed by atoms with Crippen LogP contribution in [0.25, 0.3) is 0 Å². The molecule has 2 aliphatic heterocycles. The number of piperidine rings is 2. The predicted octanol–water partition coefficient (Wildman–Crippen LogP) is 2.46. The van der Waals surface area contributed by atoms with Crippen LogP contribution in [0.2, 0.25) is 0 Å². The van der Waals surface area contributed by atoms with E-state index < -0.39 is 0 Å². The molecule has 2 unspecified atom stereocenters. The van der Waals surface area contributed by atoms with E-state index in [1.165, 1.54) is 25.7 Å². The minimum Gasteiger partial charge on any atom is -0.337 e. The van der Waals surface area contributed by atoms with Crippen LogP contribution in [0.3, 0.4) is 0 Å². The van der Waals surface area contributed by atoms with Gasteiger partial charge in [-0.15, -0.1) is 0 Å². The first-order valence-electron chi connectivity index (χ1n) is 8.83. The molecule has 122 valence electrons. The van der Waals surface area contributed by atoms with Crippen molar-refractivity contribution in [3.05, 3.63) is 18.0 Å². The molecule has 0 saturated carbocycles. The molecule has 2 aliphatic rings. The molecule has 1 aromatic rings. The van der Waals surface area contributed by atoms with Crippen molar-refractivity contribution in [2.45, 2.75) is 51.5 Å². The third kappa shape index (κ3) is 3.51. The molecule has 0 bridgehead atoms. The Labute approximate surface area is 133 Å². The van der Waals surface area contributed by atoms with Gasteiger partial charge in [0, 0.05) is 25.8 Å². The van der Waals surface area contributed by atoms with Gasteiger partial charge < -0.3 is 10.2 Å². The molecule has 2 saturated heterocycles. The van der Waals surface area contributed by atoms with Gasteiger partial charge in [-0.25, -0.2) is 0 Å². The molecule has 1 N–H and O–H groups in total. The molecule has 1 aromatic heterocycles. The molecule has 22 heavy (non-hydrogen) atoms. The maximum atomic E-state index is 12.7. The van der Waals surface area contributed by atoms with Gasteiger partial charge in [0.05, 0.1) is 6.04 Å². The summed E-state index contributed by atoms with van der Waals surface area (Å²) in [5, 5.41) is 7.96. The first kappa shape index (κ1) is 15.5. The van der Waals surface area contributed by atoms with Gasteiger partial charge in [0.15, 0.2) is 0 Å². The standard InChI is InChI=1S/C17H28N4O/c1-2-5-14-6-4-10-20(13-14)17(22)16-8-11-21(19-16)15-7-3-9-18-12-15/h8,11,14-15,18H,2-7,9-10,12-13H2,1H3. The van der Waals surface area contributed by atoms with Gasteiger partial charge in [0.25, 0.3) is 5.91 Å². The summed E-state index contributed by atoms with van der Waals surface area (Å²) in [5.74, 6) is 0.788. The van der Waals surface area contributed by atoms with E-state index in [0.29, 0.717) is 17.7 Å². The SMILES string of the molecule is CCCC1CCCN(C(=O)c2ccn(C3CCCNC3)n2)C1. The van der Waals surface area contributed by atoms with Crippen LogP contribution in [-0.4, -0.2) is 46.8 Å². The lowest BCUT2D eigenvalue weighted by molar-refractivity contribution is 0.0660. The largest absolute Gasteiger partial charge is 0.337 e. The van der Waals surface area contributed by atoms with Crippen LogP contribution >= 0.6 is 0 Å². The highest BCUT2D eigenvalue weighted by atomic mass is 16.2. The van der Waals surface area contributed by atoms with E-state index in [-0.39, 0.29) is 5.91 Å². The van der Waals surface area contributed by atoms with E-state index in [1.54, 1.807) is 0 Å². The van der Waals surface area contributed by atoms with Crippen molar-refractivity contribution in [3.8, 4) is 0 Å². The van der Waals surface area contributed by atoms with Gasteiger partial charge in [-0.05, 0) is 50.6 Å². The van der Waals surface area contributed by atoms with E-state index in [4.69, 9.17) is 0 Å². The summed E-state index contributed by atoms with van der Waals surface area (Å²) < 4.78 is 1.98. The Balaban J connectivity index is 1.63. The summed E-state index contributed by atoms with van der Waals surface area (Å²) in [7, 11) is 0. The monoisotopic (exact) mass is 304 g/mol. The van der Waals surface area contributed by atoms with Crippen LogP contribution in [0.1, 0.15) is 62.0 Å². The maximum absolute atomic E-state index is 12.7. The smallest absolute Gasteiger partial charge is 0.274 e. The Morgan fingerprint density at radius 2 is 2.32 bits per heavy atom. The molecule has 5 nitrogen and oxygen atoms in total. The number of hydrogen-bond acceptors (Lipinski definition) is 3. The van der Waals surface area contributed by atoms with E-state index in [2.05, 4.69) is 17.3 Å². The molecular formula is C17H28N4O. The highest BCUT2D eigenvalue weighted by Gasteiger charge is 2.26. The number of carbonyl (C=O) groups excluding carboxylic acids is 1. The van der Waals surface area contributed by atoms with E-state index in [0.717, 1.165) is 39.0 Å². The molecule has 5 heteroatoms. The zero-order chi connectivity index (χ0) is 15.4. The number of rotatable bonds is 4. The van der Waals surface area contributed by atoms with Crippen LogP contribution in [0.4, 0.5) is 0 Å². The van der Waals surface area contributed by atoms with E-state index in [9.17, 15) is 4.79 Å². The van der Waals surface area contributed by atoms with Gasteiger partial charge in [-0.2, -0.15) is 5.10 Å². The Morgan fingerprint density at radius 1 is 1.41 bits per heavy atom. The van der Waals surface area contributed by atoms with Crippen LogP contribution in [0.15, 0.2) is 12.3 Å². The highest BCUT2D eigenvalue weighted by molar-refractivity contribution is 5.92. The predicted molar refractivity (Wildman–Crippen MR) is 86.9 cm³/mol. The molecule has 2 atom stereocenters. The van der Waals surface area contributed by atoms with Crippen molar-refractivity contribution in [2.24, 2.45) is 5.92 Å². The number of likely N-dealkylation sites (tertiary alicyclic amines) is 1. The van der Waals surface area contributed by atoms with Crippen LogP contribution in [0, 0.1) is 5.92 Å². The molecule has 0 spiro atoms. The summed E-state index contributed by atoms with van der Waals surface area (Å²) in [6.07, 6.45) is 9.12. The molecule has 0 aliphatic carbocycles. The van der Waals surface area contributed by atoms with Gasteiger partial charge in [0.1, 0.15) is 5.69 Å². The molecule has 0 aromatic carbocycles. The quantitative estimate of drug-likeness (QED) is 0.929. The second-order valence-corrected chi connectivity index (χ2v) is 6.73. The average Bonchev–Trinajstić information content (AvgIpc) is 3.05. The van der Waals surface area contributed by atoms with Crippen molar-refractivity contribution in [3.63, 3.8) is 0 Å². The van der Waals surface area contributed by atoms with Gasteiger partial charge in [-0.3, -0.25) is 9.48 Å². The van der Waals surface area contributed by atoms with Crippen LogP contribution < -0.4 is 5.32 Å². The number of aromatic nitrogens is 2. The van der Waals surface area contributed by atoms with Crippen molar-refractivity contribution >= 4 is 5.91 Å². The van der Waals surface area contributed by atoms with Crippen molar-refractivity contribution in [1.29, 1.82) is 0 Å². The number of hydrogen-bond donors (Lipinski definition) is 1. The summed E-state index contributed by atoms with van der Waals surface area (Å²) in [5.41, 5.74) is 0.614. The van der Waals surface area contributed by atoms with E-state index in [1.807, 2.05) is 21.8 Å². The summed E-state index contributed by atoms with van der Waals surface area (Å²) in [6, 6.07) is 2.28. The Hall–Kier alpha value is -1.36. The number of nitrogens with zero attached hydrogens (tertiary/aromatic N) is 3. The van der Waals surface area contributed by atoms with Crippen molar-refractivity contribution in [1.82, 2.24) is 20.0 Å². The summed E-state index contributed by atoms with van der Waals surface area (Å²) in [6.45, 7) is 6.07. The Morgan fingerprint density at radius 3 is 3.09 bits per heavy atom. The number of carbonyl (C=O) groups is 1. The molecule has 3 rings (SSSR count). The fraction of sp³-hybridized carbons (Fsp3) is 0.765. The lowest BCUT2D eigenvalue weighted by Crippen LogP contribution is -2.40. The Bertz CT molecular complexity index is 491. The normalized spacial score (nSPS) is 26.1. The van der Waals surface area contributed by atoms with Gasteiger partial charge in [0.2, 0.25) is 0 Å². The third-order valence-electron chi connectivity index (χ3n) is 4.98. The fourth-order valence-electron chi connectivity index (χ4n) is 3.77. The fourth-order valence-corrected chi connectivity index (χ4v) is 3.77. The lowest BCUT2D eigenvalue weighted by atomic mass is 9.93. The zero-order valence-electron chi connectivity index (χ0n) is 13.6.